The van der Waals surface area contributed by atoms with Crippen molar-refractivity contribution in [3.05, 3.63) is 36.4 Å². The molecule has 0 aliphatic rings. The lowest BCUT2D eigenvalue weighted by Gasteiger charge is -2.13. The molecule has 0 fully saturated rings. The molecule has 0 aliphatic carbocycles. The summed E-state index contributed by atoms with van der Waals surface area (Å²) in [5.74, 6) is 0. The van der Waals surface area contributed by atoms with E-state index in [1.54, 1.807) is 18.2 Å². The van der Waals surface area contributed by atoms with E-state index >= 15 is 0 Å². The van der Waals surface area contributed by atoms with Gasteiger partial charge in [0.25, 0.3) is 0 Å². The highest BCUT2D eigenvalue weighted by Gasteiger charge is 2.23. The summed E-state index contributed by atoms with van der Waals surface area (Å²) in [6, 6.07) is 9.12. The van der Waals surface area contributed by atoms with Gasteiger partial charge in [0, 0.05) is 0 Å². The Morgan fingerprint density at radius 3 is 1.95 bits per heavy atom. The maximum absolute atomic E-state index is 12.4. The summed E-state index contributed by atoms with van der Waals surface area (Å²) >= 11 is 0. The quantitative estimate of drug-likeness (QED) is 0.601. The zero-order chi connectivity index (χ0) is 14.2. The number of anilines is 4. The first-order valence-corrected chi connectivity index (χ1v) is 6.87. The van der Waals surface area contributed by atoms with Crippen molar-refractivity contribution in [1.82, 2.24) is 0 Å². The van der Waals surface area contributed by atoms with E-state index in [-0.39, 0.29) is 32.5 Å². The van der Waals surface area contributed by atoms with Gasteiger partial charge in [0.2, 0.25) is 9.84 Å². The van der Waals surface area contributed by atoms with E-state index in [0.717, 1.165) is 0 Å². The molecule has 2 rings (SSSR count). The van der Waals surface area contributed by atoms with Crippen molar-refractivity contribution >= 4 is 32.6 Å². The van der Waals surface area contributed by atoms with Crippen molar-refractivity contribution in [2.45, 2.75) is 9.79 Å². The molecule has 0 amide bonds. The molecule has 8 N–H and O–H groups in total. The van der Waals surface area contributed by atoms with Crippen LogP contribution in [0.3, 0.4) is 0 Å². The molecule has 0 spiro atoms. The molecule has 0 heterocycles. The average molecular weight is 278 g/mol. The largest absolute Gasteiger partial charge is 0.397 e. The first-order valence-electron chi connectivity index (χ1n) is 5.38. The first kappa shape index (κ1) is 13.0. The summed E-state index contributed by atoms with van der Waals surface area (Å²) in [6.45, 7) is 0. The molecule has 2 aromatic rings. The number of hydrogen-bond acceptors (Lipinski definition) is 6. The fourth-order valence-corrected chi connectivity index (χ4v) is 3.13. The lowest BCUT2D eigenvalue weighted by molar-refractivity contribution is 0.596. The maximum atomic E-state index is 12.4. The van der Waals surface area contributed by atoms with Crippen LogP contribution in [0.15, 0.2) is 46.2 Å². The highest BCUT2D eigenvalue weighted by molar-refractivity contribution is 7.91. The van der Waals surface area contributed by atoms with Gasteiger partial charge in [-0.2, -0.15) is 0 Å². The topological polar surface area (TPSA) is 138 Å². The van der Waals surface area contributed by atoms with Gasteiger partial charge >= 0.3 is 0 Å². The number of nitrogen functional groups attached to an aromatic ring is 4. The van der Waals surface area contributed by atoms with E-state index in [1.165, 1.54) is 18.2 Å². The van der Waals surface area contributed by atoms with Crippen molar-refractivity contribution < 1.29 is 8.42 Å². The number of nitrogens with two attached hydrogens (primary N) is 4. The van der Waals surface area contributed by atoms with Crippen LogP contribution >= 0.6 is 0 Å². The highest BCUT2D eigenvalue weighted by Crippen LogP contribution is 2.36. The molecule has 2 aromatic carbocycles. The summed E-state index contributed by atoms with van der Waals surface area (Å²) in [5, 5.41) is 0. The van der Waals surface area contributed by atoms with E-state index in [4.69, 9.17) is 22.9 Å². The molecule has 6 nitrogen and oxygen atoms in total. The number of benzene rings is 2. The number of rotatable bonds is 2. The zero-order valence-electron chi connectivity index (χ0n) is 10.00. The third-order valence-corrected chi connectivity index (χ3v) is 4.60. The van der Waals surface area contributed by atoms with Crippen LogP contribution in [-0.4, -0.2) is 8.42 Å². The molecule has 0 aromatic heterocycles. The van der Waals surface area contributed by atoms with Gasteiger partial charge in [-0.3, -0.25) is 0 Å². The Hall–Kier alpha value is -2.41. The number of hydrogen-bond donors (Lipinski definition) is 4. The third-order valence-electron chi connectivity index (χ3n) is 2.79. The molecular weight excluding hydrogens is 264 g/mol. The zero-order valence-corrected chi connectivity index (χ0v) is 10.8. The van der Waals surface area contributed by atoms with Gasteiger partial charge < -0.3 is 22.9 Å². The van der Waals surface area contributed by atoms with Crippen molar-refractivity contribution in [3.8, 4) is 0 Å². The Morgan fingerprint density at radius 1 is 0.789 bits per heavy atom. The molecule has 0 saturated carbocycles. The van der Waals surface area contributed by atoms with Gasteiger partial charge in [0.1, 0.15) is 0 Å². The summed E-state index contributed by atoms with van der Waals surface area (Å²) in [4.78, 5) is -0.0202. The minimum absolute atomic E-state index is 0.0190. The van der Waals surface area contributed by atoms with Crippen LogP contribution in [0.5, 0.6) is 0 Å². The fraction of sp³-hybridized carbons (Fsp3) is 0. The van der Waals surface area contributed by atoms with Crippen LogP contribution in [0.25, 0.3) is 0 Å². The second kappa shape index (κ2) is 4.36. The summed E-state index contributed by atoms with van der Waals surface area (Å²) in [5.41, 5.74) is 22.7. The van der Waals surface area contributed by atoms with E-state index in [2.05, 4.69) is 0 Å². The molecule has 0 saturated heterocycles. The Morgan fingerprint density at radius 2 is 1.37 bits per heavy atom. The highest BCUT2D eigenvalue weighted by atomic mass is 32.2. The lowest BCUT2D eigenvalue weighted by atomic mass is 10.2. The van der Waals surface area contributed by atoms with E-state index in [1.807, 2.05) is 0 Å². The van der Waals surface area contributed by atoms with Gasteiger partial charge in [0.15, 0.2) is 0 Å². The predicted octanol–water partition coefficient (Wildman–Crippen LogP) is 0.848. The monoisotopic (exact) mass is 278 g/mol. The number of sulfone groups is 1. The normalized spacial score (nSPS) is 11.4. The van der Waals surface area contributed by atoms with E-state index in [0.29, 0.717) is 0 Å². The molecule has 0 bridgehead atoms. The molecule has 7 heteroatoms. The van der Waals surface area contributed by atoms with Crippen LogP contribution in [0.4, 0.5) is 22.7 Å². The molecule has 0 unspecified atom stereocenters. The maximum Gasteiger partial charge on any atom is 0.208 e. The third kappa shape index (κ3) is 2.04. The van der Waals surface area contributed by atoms with Crippen LogP contribution in [0.1, 0.15) is 0 Å². The smallest absolute Gasteiger partial charge is 0.208 e. The van der Waals surface area contributed by atoms with Crippen LogP contribution in [0, 0.1) is 0 Å². The molecular formula is C12H14N4O2S. The van der Waals surface area contributed by atoms with Gasteiger partial charge in [-0.15, -0.1) is 0 Å². The van der Waals surface area contributed by atoms with Crippen LogP contribution < -0.4 is 22.9 Å². The van der Waals surface area contributed by atoms with Crippen molar-refractivity contribution in [1.29, 1.82) is 0 Å². The SMILES string of the molecule is Nc1cc(S(=O)(=O)c2ccccc2)c(N)c(N)c1N. The molecule has 0 atom stereocenters. The fourth-order valence-electron chi connectivity index (χ4n) is 1.68. The Kier molecular flexibility index (Phi) is 2.99. The second-order valence-corrected chi connectivity index (χ2v) is 5.94. The summed E-state index contributed by atoms with van der Waals surface area (Å²) < 4.78 is 24.9. The molecule has 19 heavy (non-hydrogen) atoms. The molecule has 0 radical (unpaired) electrons. The molecule has 100 valence electrons. The lowest BCUT2D eigenvalue weighted by Crippen LogP contribution is -2.11. The Balaban J connectivity index is 2.73. The van der Waals surface area contributed by atoms with Crippen molar-refractivity contribution in [2.75, 3.05) is 22.9 Å². The second-order valence-electron chi connectivity index (χ2n) is 4.02. The molecule has 0 aliphatic heterocycles. The van der Waals surface area contributed by atoms with Gasteiger partial charge in [0.05, 0.1) is 32.5 Å². The minimum Gasteiger partial charge on any atom is -0.397 e. The van der Waals surface area contributed by atoms with Crippen LogP contribution in [-0.2, 0) is 9.84 Å². The van der Waals surface area contributed by atoms with Crippen LogP contribution in [0.2, 0.25) is 0 Å². The Bertz CT molecular complexity index is 727. The minimum atomic E-state index is -3.77. The first-order chi connectivity index (χ1) is 8.85. The Labute approximate surface area is 110 Å². The van der Waals surface area contributed by atoms with Crippen molar-refractivity contribution in [2.24, 2.45) is 0 Å². The van der Waals surface area contributed by atoms with E-state index < -0.39 is 9.84 Å². The van der Waals surface area contributed by atoms with Crippen molar-refractivity contribution in [3.63, 3.8) is 0 Å². The van der Waals surface area contributed by atoms with E-state index in [9.17, 15) is 8.42 Å². The van der Waals surface area contributed by atoms with Gasteiger partial charge in [-0.1, -0.05) is 18.2 Å². The predicted molar refractivity (Wildman–Crippen MR) is 76.0 cm³/mol. The standard InChI is InChI=1S/C12H14N4O2S/c13-8-6-9(11(15)12(16)10(8)14)19(17,18)7-4-2-1-3-5-7/h1-6H,13-16H2. The van der Waals surface area contributed by atoms with Gasteiger partial charge in [-0.05, 0) is 18.2 Å². The average Bonchev–Trinajstić information content (AvgIpc) is 2.41. The summed E-state index contributed by atoms with van der Waals surface area (Å²) in [6.07, 6.45) is 0. The van der Waals surface area contributed by atoms with Gasteiger partial charge in [-0.25, -0.2) is 8.42 Å². The summed E-state index contributed by atoms with van der Waals surface area (Å²) in [7, 11) is -3.77.